The predicted molar refractivity (Wildman–Crippen MR) is 88.0 cm³/mol. The molecule has 4 nitrogen and oxygen atoms in total. The van der Waals surface area contributed by atoms with Crippen molar-refractivity contribution < 1.29 is 14.3 Å². The number of carbonyl (C=O) groups excluding carboxylic acids is 2. The van der Waals surface area contributed by atoms with Crippen LogP contribution in [-0.2, 0) is 16.0 Å². The highest BCUT2D eigenvalue weighted by molar-refractivity contribution is 5.96. The molecular formula is C20H21NO3. The summed E-state index contributed by atoms with van der Waals surface area (Å²) in [5, 5.41) is 0. The first kappa shape index (κ1) is 14.3. The van der Waals surface area contributed by atoms with Crippen molar-refractivity contribution in [3.05, 3.63) is 48.0 Å². The summed E-state index contributed by atoms with van der Waals surface area (Å²) in [5.74, 6) is 0.850. The summed E-state index contributed by atoms with van der Waals surface area (Å²) in [6.07, 6.45) is 8.05. The SMILES string of the molecule is O=C1OC[C@H](Cc2ccccc2)N1C(=O)[C@H]1[C@H]2C=C[C@H](C2)C12CC2. The zero-order valence-corrected chi connectivity index (χ0v) is 13.6. The summed E-state index contributed by atoms with van der Waals surface area (Å²) in [4.78, 5) is 27.0. The Kier molecular flexibility index (Phi) is 2.94. The van der Waals surface area contributed by atoms with E-state index in [0.717, 1.165) is 24.8 Å². The number of carbonyl (C=O) groups is 2. The van der Waals surface area contributed by atoms with Crippen molar-refractivity contribution in [2.24, 2.45) is 23.2 Å². The third-order valence-electron chi connectivity index (χ3n) is 6.51. The van der Waals surface area contributed by atoms with Crippen molar-refractivity contribution in [2.75, 3.05) is 6.61 Å². The van der Waals surface area contributed by atoms with Gasteiger partial charge in [0.1, 0.15) is 6.61 Å². The fourth-order valence-corrected chi connectivity index (χ4v) is 5.23. The third-order valence-corrected chi connectivity index (χ3v) is 6.51. The Hall–Kier alpha value is -2.10. The Morgan fingerprint density at radius 2 is 2.00 bits per heavy atom. The predicted octanol–water partition coefficient (Wildman–Crippen LogP) is 3.18. The van der Waals surface area contributed by atoms with E-state index >= 15 is 0 Å². The van der Waals surface area contributed by atoms with Crippen LogP contribution in [0.2, 0.25) is 0 Å². The van der Waals surface area contributed by atoms with E-state index in [1.807, 2.05) is 30.3 Å². The molecule has 5 rings (SSSR count). The maximum atomic E-state index is 13.3. The minimum absolute atomic E-state index is 0.00720. The summed E-state index contributed by atoms with van der Waals surface area (Å²) < 4.78 is 5.25. The van der Waals surface area contributed by atoms with Gasteiger partial charge >= 0.3 is 6.09 Å². The van der Waals surface area contributed by atoms with Crippen LogP contribution in [0.15, 0.2) is 42.5 Å². The molecule has 0 N–H and O–H groups in total. The van der Waals surface area contributed by atoms with E-state index in [1.165, 1.54) is 4.90 Å². The lowest BCUT2D eigenvalue weighted by molar-refractivity contribution is -0.136. The van der Waals surface area contributed by atoms with Gasteiger partial charge in [0.05, 0.1) is 12.0 Å². The Labute approximate surface area is 141 Å². The fourth-order valence-electron chi connectivity index (χ4n) is 5.23. The molecule has 1 saturated heterocycles. The van der Waals surface area contributed by atoms with Gasteiger partial charge < -0.3 is 4.74 Å². The minimum Gasteiger partial charge on any atom is -0.447 e. The normalized spacial score (nSPS) is 34.8. The van der Waals surface area contributed by atoms with Gasteiger partial charge in [-0.3, -0.25) is 4.79 Å². The number of benzene rings is 1. The van der Waals surface area contributed by atoms with Crippen LogP contribution < -0.4 is 0 Å². The number of hydrogen-bond acceptors (Lipinski definition) is 3. The summed E-state index contributed by atoms with van der Waals surface area (Å²) >= 11 is 0. The van der Waals surface area contributed by atoms with Crippen LogP contribution in [0, 0.1) is 23.2 Å². The first-order valence-corrected chi connectivity index (χ1v) is 8.91. The number of imide groups is 1. The standard InChI is InChI=1S/C20H21NO3/c22-18(17-14-6-7-15(11-14)20(17)8-9-20)21-16(12-24-19(21)23)10-13-4-2-1-3-5-13/h1-7,14-17H,8-12H2/t14-,15+,16-,17+/m0/s1. The molecule has 124 valence electrons. The van der Waals surface area contributed by atoms with E-state index in [1.54, 1.807) is 0 Å². The highest BCUT2D eigenvalue weighted by Gasteiger charge is 2.66. The van der Waals surface area contributed by atoms with Gasteiger partial charge in [-0.15, -0.1) is 0 Å². The van der Waals surface area contributed by atoms with Crippen LogP contribution >= 0.6 is 0 Å². The molecule has 1 spiro atoms. The molecule has 4 aliphatic rings. The molecule has 0 unspecified atom stereocenters. The highest BCUT2D eigenvalue weighted by atomic mass is 16.6. The third kappa shape index (κ3) is 1.92. The second kappa shape index (κ2) is 4.95. The quantitative estimate of drug-likeness (QED) is 0.803. The van der Waals surface area contributed by atoms with Crippen LogP contribution in [0.3, 0.4) is 0 Å². The van der Waals surface area contributed by atoms with Crippen molar-refractivity contribution in [3.63, 3.8) is 0 Å². The molecule has 1 aliphatic heterocycles. The molecule has 2 saturated carbocycles. The van der Waals surface area contributed by atoms with Gasteiger partial charge in [-0.25, -0.2) is 9.69 Å². The van der Waals surface area contributed by atoms with E-state index in [9.17, 15) is 9.59 Å². The van der Waals surface area contributed by atoms with Crippen LogP contribution in [0.1, 0.15) is 24.8 Å². The number of amides is 2. The number of nitrogens with zero attached hydrogens (tertiary/aromatic N) is 1. The first-order chi connectivity index (χ1) is 11.7. The molecule has 2 bridgehead atoms. The van der Waals surface area contributed by atoms with Crippen LogP contribution in [0.4, 0.5) is 4.79 Å². The Morgan fingerprint density at radius 1 is 1.21 bits per heavy atom. The van der Waals surface area contributed by atoms with Crippen LogP contribution in [-0.4, -0.2) is 29.5 Å². The monoisotopic (exact) mass is 323 g/mol. The van der Waals surface area contributed by atoms with Gasteiger partial charge in [0.2, 0.25) is 5.91 Å². The van der Waals surface area contributed by atoms with Gasteiger partial charge in [-0.2, -0.15) is 0 Å². The second-order valence-corrected chi connectivity index (χ2v) is 7.73. The van der Waals surface area contributed by atoms with Crippen molar-refractivity contribution in [1.82, 2.24) is 4.90 Å². The van der Waals surface area contributed by atoms with Gasteiger partial charge in [-0.05, 0) is 48.5 Å². The van der Waals surface area contributed by atoms with E-state index < -0.39 is 6.09 Å². The lowest BCUT2D eigenvalue weighted by Crippen LogP contribution is -2.46. The number of rotatable bonds is 3. The maximum Gasteiger partial charge on any atom is 0.416 e. The van der Waals surface area contributed by atoms with Crippen molar-refractivity contribution >= 4 is 12.0 Å². The average Bonchev–Trinajstić information content (AvgIpc) is 2.94. The zero-order chi connectivity index (χ0) is 16.3. The fraction of sp³-hybridized carbons (Fsp3) is 0.500. The maximum absolute atomic E-state index is 13.3. The summed E-state index contributed by atoms with van der Waals surface area (Å²) in [7, 11) is 0. The highest BCUT2D eigenvalue weighted by Crippen LogP contribution is 2.69. The van der Waals surface area contributed by atoms with E-state index in [0.29, 0.717) is 24.9 Å². The lowest BCUT2D eigenvalue weighted by Gasteiger charge is -2.31. The van der Waals surface area contributed by atoms with Crippen molar-refractivity contribution in [1.29, 1.82) is 0 Å². The Bertz CT molecular complexity index is 722. The van der Waals surface area contributed by atoms with E-state index in [2.05, 4.69) is 12.2 Å². The van der Waals surface area contributed by atoms with Gasteiger partial charge in [0.25, 0.3) is 0 Å². The summed E-state index contributed by atoms with van der Waals surface area (Å²) in [5.41, 5.74) is 1.28. The number of allylic oxidation sites excluding steroid dienone is 2. The number of hydrogen-bond donors (Lipinski definition) is 0. The van der Waals surface area contributed by atoms with Crippen molar-refractivity contribution in [3.8, 4) is 0 Å². The van der Waals surface area contributed by atoms with Crippen LogP contribution in [0.25, 0.3) is 0 Å². The largest absolute Gasteiger partial charge is 0.447 e. The van der Waals surface area contributed by atoms with E-state index in [-0.39, 0.29) is 23.3 Å². The molecule has 1 heterocycles. The average molecular weight is 323 g/mol. The summed E-state index contributed by atoms with van der Waals surface area (Å²) in [6.45, 7) is 0.309. The molecule has 24 heavy (non-hydrogen) atoms. The molecule has 0 aromatic heterocycles. The molecule has 1 aromatic carbocycles. The molecule has 3 fully saturated rings. The van der Waals surface area contributed by atoms with Crippen molar-refractivity contribution in [2.45, 2.75) is 31.7 Å². The number of fused-ring (bicyclic) bond motifs is 3. The van der Waals surface area contributed by atoms with Crippen LogP contribution in [0.5, 0.6) is 0 Å². The second-order valence-electron chi connectivity index (χ2n) is 7.73. The topological polar surface area (TPSA) is 46.6 Å². The first-order valence-electron chi connectivity index (χ1n) is 8.91. The smallest absolute Gasteiger partial charge is 0.416 e. The van der Waals surface area contributed by atoms with Gasteiger partial charge in [-0.1, -0.05) is 42.5 Å². The number of ether oxygens (including phenoxy) is 1. The Balaban J connectivity index is 1.41. The number of cyclic esters (lactones) is 1. The van der Waals surface area contributed by atoms with E-state index in [4.69, 9.17) is 4.74 Å². The van der Waals surface area contributed by atoms with Gasteiger partial charge in [0.15, 0.2) is 0 Å². The molecule has 0 radical (unpaired) electrons. The molecule has 4 heteroatoms. The lowest BCUT2D eigenvalue weighted by atomic mass is 9.79. The summed E-state index contributed by atoms with van der Waals surface area (Å²) in [6, 6.07) is 9.84. The molecular weight excluding hydrogens is 302 g/mol. The van der Waals surface area contributed by atoms with Gasteiger partial charge in [0, 0.05) is 0 Å². The zero-order valence-electron chi connectivity index (χ0n) is 13.6. The molecule has 4 atom stereocenters. The molecule has 3 aliphatic carbocycles. The molecule has 2 amide bonds. The molecule has 1 aromatic rings. The minimum atomic E-state index is -0.455. The Morgan fingerprint density at radius 3 is 2.75 bits per heavy atom.